The minimum atomic E-state index is -0.497. The zero-order chi connectivity index (χ0) is 14.9. The molecule has 0 saturated carbocycles. The maximum Gasteiger partial charge on any atom is 0.271 e. The molecular weight excluding hydrogens is 326 g/mol. The lowest BCUT2D eigenvalue weighted by atomic mass is 10.0. The summed E-state index contributed by atoms with van der Waals surface area (Å²) in [5, 5.41) is 14.2. The molecule has 1 amide bonds. The molecule has 7 heteroatoms. The van der Waals surface area contributed by atoms with Crippen LogP contribution in [-0.2, 0) is 0 Å². The summed E-state index contributed by atoms with van der Waals surface area (Å²) in [6.45, 7) is 5.94. The Balaban J connectivity index is 2.27. The van der Waals surface area contributed by atoms with Crippen molar-refractivity contribution >= 4 is 27.5 Å². The summed E-state index contributed by atoms with van der Waals surface area (Å²) in [5.41, 5.74) is 0.104. The smallest absolute Gasteiger partial charge is 0.271 e. The largest absolute Gasteiger partial charge is 0.336 e. The fraction of sp³-hybridized carbons (Fsp3) is 0.462. The van der Waals surface area contributed by atoms with E-state index >= 15 is 0 Å². The SMILES string of the molecule is CC1(C)CN(C(=O)c2cc(Br)cc([N+](=O)[O-])c2)CCN1. The highest BCUT2D eigenvalue weighted by Gasteiger charge is 2.29. The monoisotopic (exact) mass is 341 g/mol. The zero-order valence-electron chi connectivity index (χ0n) is 11.4. The molecule has 0 spiro atoms. The Morgan fingerprint density at radius 2 is 2.15 bits per heavy atom. The first kappa shape index (κ1) is 14.9. The summed E-state index contributed by atoms with van der Waals surface area (Å²) in [7, 11) is 0. The number of amides is 1. The molecular formula is C13H16BrN3O3. The normalized spacial score (nSPS) is 17.9. The van der Waals surface area contributed by atoms with Crippen molar-refractivity contribution < 1.29 is 9.72 Å². The van der Waals surface area contributed by atoms with E-state index < -0.39 is 4.92 Å². The van der Waals surface area contributed by atoms with Crippen molar-refractivity contribution in [1.29, 1.82) is 0 Å². The molecule has 1 aliphatic rings. The van der Waals surface area contributed by atoms with E-state index in [9.17, 15) is 14.9 Å². The van der Waals surface area contributed by atoms with Gasteiger partial charge in [-0.2, -0.15) is 0 Å². The fourth-order valence-electron chi connectivity index (χ4n) is 2.30. The van der Waals surface area contributed by atoms with Gasteiger partial charge < -0.3 is 10.2 Å². The Morgan fingerprint density at radius 3 is 2.75 bits per heavy atom. The molecule has 1 aromatic carbocycles. The summed E-state index contributed by atoms with van der Waals surface area (Å²) in [6, 6.07) is 4.32. The van der Waals surface area contributed by atoms with Crippen LogP contribution < -0.4 is 5.32 Å². The van der Waals surface area contributed by atoms with Gasteiger partial charge in [-0.3, -0.25) is 14.9 Å². The molecule has 0 radical (unpaired) electrons. The molecule has 1 heterocycles. The van der Waals surface area contributed by atoms with Gasteiger partial charge in [-0.15, -0.1) is 0 Å². The molecule has 1 aliphatic heterocycles. The van der Waals surface area contributed by atoms with Crippen LogP contribution >= 0.6 is 15.9 Å². The van der Waals surface area contributed by atoms with Crippen LogP contribution in [0.3, 0.4) is 0 Å². The maximum atomic E-state index is 12.5. The van der Waals surface area contributed by atoms with Crippen LogP contribution in [-0.4, -0.2) is 40.9 Å². The minimum Gasteiger partial charge on any atom is -0.336 e. The number of non-ortho nitro benzene ring substituents is 1. The Hall–Kier alpha value is -1.47. The van der Waals surface area contributed by atoms with Crippen LogP contribution in [0.1, 0.15) is 24.2 Å². The van der Waals surface area contributed by atoms with Gasteiger partial charge in [-0.1, -0.05) is 15.9 Å². The fourth-order valence-corrected chi connectivity index (χ4v) is 2.78. The number of nitro benzene ring substituents is 1. The summed E-state index contributed by atoms with van der Waals surface area (Å²) in [5.74, 6) is -0.177. The van der Waals surface area contributed by atoms with Crippen molar-refractivity contribution in [2.45, 2.75) is 19.4 Å². The van der Waals surface area contributed by atoms with Crippen LogP contribution in [0.15, 0.2) is 22.7 Å². The van der Waals surface area contributed by atoms with Gasteiger partial charge in [0.05, 0.1) is 4.92 Å². The van der Waals surface area contributed by atoms with E-state index in [1.54, 1.807) is 11.0 Å². The number of nitrogens with zero attached hydrogens (tertiary/aromatic N) is 2. The topological polar surface area (TPSA) is 75.5 Å². The van der Waals surface area contributed by atoms with Gasteiger partial charge in [0.1, 0.15) is 0 Å². The Bertz CT molecular complexity index is 560. The zero-order valence-corrected chi connectivity index (χ0v) is 12.9. The third-order valence-electron chi connectivity index (χ3n) is 3.20. The number of benzene rings is 1. The van der Waals surface area contributed by atoms with Crippen LogP contribution in [0.2, 0.25) is 0 Å². The Morgan fingerprint density at radius 1 is 1.45 bits per heavy atom. The molecule has 1 fully saturated rings. The second-order valence-corrected chi connectivity index (χ2v) is 6.41. The van der Waals surface area contributed by atoms with Gasteiger partial charge in [0.15, 0.2) is 0 Å². The third-order valence-corrected chi connectivity index (χ3v) is 3.66. The van der Waals surface area contributed by atoms with Gasteiger partial charge in [-0.05, 0) is 19.9 Å². The summed E-state index contributed by atoms with van der Waals surface area (Å²) >= 11 is 3.21. The average molecular weight is 342 g/mol. The molecule has 20 heavy (non-hydrogen) atoms. The van der Waals surface area contributed by atoms with E-state index in [1.165, 1.54) is 12.1 Å². The number of nitro groups is 1. The van der Waals surface area contributed by atoms with Crippen molar-refractivity contribution in [2.24, 2.45) is 0 Å². The third kappa shape index (κ3) is 3.34. The van der Waals surface area contributed by atoms with Gasteiger partial charge in [0.2, 0.25) is 0 Å². The number of nitrogens with one attached hydrogen (secondary N) is 1. The van der Waals surface area contributed by atoms with Crippen LogP contribution in [0.25, 0.3) is 0 Å². The van der Waals surface area contributed by atoms with Crippen LogP contribution in [0.4, 0.5) is 5.69 Å². The van der Waals surface area contributed by atoms with E-state index in [1.807, 2.05) is 13.8 Å². The molecule has 2 rings (SSSR count). The number of carbonyl (C=O) groups excluding carboxylic acids is 1. The standard InChI is InChI=1S/C13H16BrN3O3/c1-13(2)8-16(4-3-15-13)12(18)9-5-10(14)7-11(6-9)17(19)20/h5-7,15H,3-4,8H2,1-2H3. The number of halogens is 1. The molecule has 1 saturated heterocycles. The first-order valence-electron chi connectivity index (χ1n) is 6.28. The second-order valence-electron chi connectivity index (χ2n) is 5.49. The Labute approximate surface area is 125 Å². The summed E-state index contributed by atoms with van der Waals surface area (Å²) in [4.78, 5) is 24.6. The first-order valence-corrected chi connectivity index (χ1v) is 7.07. The van der Waals surface area contributed by atoms with Gasteiger partial charge in [-0.25, -0.2) is 0 Å². The Kier molecular flexibility index (Phi) is 4.10. The van der Waals surface area contributed by atoms with Gasteiger partial charge in [0, 0.05) is 47.3 Å². The van der Waals surface area contributed by atoms with Gasteiger partial charge in [0.25, 0.3) is 11.6 Å². The molecule has 0 unspecified atom stereocenters. The quantitative estimate of drug-likeness (QED) is 0.660. The molecule has 1 aromatic rings. The van der Waals surface area contributed by atoms with Crippen LogP contribution in [0, 0.1) is 10.1 Å². The van der Waals surface area contributed by atoms with E-state index in [0.29, 0.717) is 23.1 Å². The molecule has 6 nitrogen and oxygen atoms in total. The molecule has 0 aliphatic carbocycles. The lowest BCUT2D eigenvalue weighted by molar-refractivity contribution is -0.385. The highest BCUT2D eigenvalue weighted by Crippen LogP contribution is 2.23. The molecule has 1 N–H and O–H groups in total. The van der Waals surface area contributed by atoms with E-state index in [-0.39, 0.29) is 17.1 Å². The van der Waals surface area contributed by atoms with Crippen molar-refractivity contribution in [2.75, 3.05) is 19.6 Å². The van der Waals surface area contributed by atoms with Gasteiger partial charge >= 0.3 is 0 Å². The van der Waals surface area contributed by atoms with Crippen LogP contribution in [0.5, 0.6) is 0 Å². The number of rotatable bonds is 2. The van der Waals surface area contributed by atoms with E-state index in [0.717, 1.165) is 6.54 Å². The molecule has 0 aromatic heterocycles. The highest BCUT2D eigenvalue weighted by atomic mass is 79.9. The predicted molar refractivity (Wildman–Crippen MR) is 78.8 cm³/mol. The van der Waals surface area contributed by atoms with Crippen molar-refractivity contribution in [3.8, 4) is 0 Å². The highest BCUT2D eigenvalue weighted by molar-refractivity contribution is 9.10. The number of piperazine rings is 1. The maximum absolute atomic E-state index is 12.5. The summed E-state index contributed by atoms with van der Waals surface area (Å²) < 4.78 is 0.532. The minimum absolute atomic E-state index is 0.0860. The molecule has 0 atom stereocenters. The second kappa shape index (κ2) is 5.49. The first-order chi connectivity index (χ1) is 9.28. The van der Waals surface area contributed by atoms with Crippen molar-refractivity contribution in [3.63, 3.8) is 0 Å². The molecule has 0 bridgehead atoms. The van der Waals surface area contributed by atoms with Crippen molar-refractivity contribution in [3.05, 3.63) is 38.3 Å². The predicted octanol–water partition coefficient (Wildman–Crippen LogP) is 2.18. The lowest BCUT2D eigenvalue weighted by Gasteiger charge is -2.39. The van der Waals surface area contributed by atoms with E-state index in [2.05, 4.69) is 21.2 Å². The number of hydrogen-bond donors (Lipinski definition) is 1. The molecule has 108 valence electrons. The summed E-state index contributed by atoms with van der Waals surface area (Å²) in [6.07, 6.45) is 0. The number of carbonyl (C=O) groups is 1. The van der Waals surface area contributed by atoms with Crippen molar-refractivity contribution in [1.82, 2.24) is 10.2 Å². The lowest BCUT2D eigenvalue weighted by Crippen LogP contribution is -2.58. The average Bonchev–Trinajstić information content (AvgIpc) is 2.35. The number of hydrogen-bond acceptors (Lipinski definition) is 4. The van der Waals surface area contributed by atoms with E-state index in [4.69, 9.17) is 0 Å².